The minimum absolute atomic E-state index is 0.467. The Hall–Kier alpha value is -3.32. The van der Waals surface area contributed by atoms with Crippen LogP contribution in [0.15, 0.2) is 103 Å². The molecule has 0 fully saturated rings. The minimum atomic E-state index is 0.467. The van der Waals surface area contributed by atoms with Gasteiger partial charge in [-0.15, -0.1) is 0 Å². The van der Waals surface area contributed by atoms with E-state index in [0.717, 1.165) is 11.4 Å². The van der Waals surface area contributed by atoms with Gasteiger partial charge in [0.1, 0.15) is 0 Å². The summed E-state index contributed by atoms with van der Waals surface area (Å²) in [6, 6.07) is 36.9. The number of para-hydroxylation sites is 2. The quantitative estimate of drug-likeness (QED) is 0.318. The number of anilines is 3. The molecule has 0 atom stereocenters. The van der Waals surface area contributed by atoms with Crippen LogP contribution in [0.1, 0.15) is 44.7 Å². The summed E-state index contributed by atoms with van der Waals surface area (Å²) in [5.74, 6) is 0.467. The minimum Gasteiger partial charge on any atom is -0.310 e. The average Bonchev–Trinajstić information content (AvgIpc) is 2.82. The van der Waals surface area contributed by atoms with Crippen molar-refractivity contribution in [3.05, 3.63) is 114 Å². The molecule has 4 rings (SSSR count). The van der Waals surface area contributed by atoms with Gasteiger partial charge in [0.15, 0.2) is 0 Å². The zero-order valence-corrected chi connectivity index (χ0v) is 19.3. The molecule has 0 N–H and O–H groups in total. The Morgan fingerprint density at radius 1 is 0.613 bits per heavy atom. The molecule has 31 heavy (non-hydrogen) atoms. The maximum absolute atomic E-state index is 2.36. The molecule has 0 saturated heterocycles. The fourth-order valence-corrected chi connectivity index (χ4v) is 3.65. The summed E-state index contributed by atoms with van der Waals surface area (Å²) < 4.78 is 0. The van der Waals surface area contributed by atoms with E-state index in [2.05, 4.69) is 129 Å². The Morgan fingerprint density at radius 2 is 1.13 bits per heavy atom. The first kappa shape index (κ1) is 22.4. The molecule has 0 bridgehead atoms. The third-order valence-corrected chi connectivity index (χ3v) is 5.32. The Balaban J connectivity index is 0.00000132. The molecule has 1 nitrogen and oxygen atoms in total. The monoisotopic (exact) mass is 407 g/mol. The van der Waals surface area contributed by atoms with Crippen molar-refractivity contribution in [3.8, 4) is 11.1 Å². The molecule has 158 valence electrons. The van der Waals surface area contributed by atoms with Gasteiger partial charge in [-0.25, -0.2) is 0 Å². The molecule has 4 aromatic carbocycles. The second-order valence-corrected chi connectivity index (χ2v) is 7.80. The predicted octanol–water partition coefficient (Wildman–Crippen LogP) is 9.28. The molecule has 4 aromatic rings. The maximum Gasteiger partial charge on any atom is 0.0542 e. The molecule has 0 unspecified atom stereocenters. The first-order chi connectivity index (χ1) is 15.1. The van der Waals surface area contributed by atoms with Crippen LogP contribution < -0.4 is 4.90 Å². The van der Waals surface area contributed by atoms with E-state index in [4.69, 9.17) is 0 Å². The lowest BCUT2D eigenvalue weighted by Gasteiger charge is -2.29. The second-order valence-electron chi connectivity index (χ2n) is 7.80. The molecule has 0 aliphatic heterocycles. The first-order valence-corrected chi connectivity index (χ1v) is 11.2. The van der Waals surface area contributed by atoms with Gasteiger partial charge in [-0.2, -0.15) is 0 Å². The van der Waals surface area contributed by atoms with Crippen LogP contribution in [0.2, 0.25) is 0 Å². The summed E-state index contributed by atoms with van der Waals surface area (Å²) >= 11 is 0. The SMILES string of the molecule is CC.Cc1ccc(-c2ccc(C(C)C)cc2N(c2ccccc2)c2ccccc2)cc1. The maximum atomic E-state index is 2.36. The van der Waals surface area contributed by atoms with E-state index in [1.165, 1.54) is 27.9 Å². The van der Waals surface area contributed by atoms with E-state index in [9.17, 15) is 0 Å². The topological polar surface area (TPSA) is 3.24 Å². The number of nitrogens with zero attached hydrogens (tertiary/aromatic N) is 1. The van der Waals surface area contributed by atoms with E-state index in [1.54, 1.807) is 0 Å². The van der Waals surface area contributed by atoms with Crippen LogP contribution in [0.25, 0.3) is 11.1 Å². The second kappa shape index (κ2) is 10.6. The van der Waals surface area contributed by atoms with E-state index in [-0.39, 0.29) is 0 Å². The van der Waals surface area contributed by atoms with Crippen molar-refractivity contribution in [1.29, 1.82) is 0 Å². The highest BCUT2D eigenvalue weighted by Crippen LogP contribution is 2.41. The van der Waals surface area contributed by atoms with Crippen LogP contribution in [0.5, 0.6) is 0 Å². The summed E-state index contributed by atoms with van der Waals surface area (Å²) in [5.41, 5.74) is 8.61. The molecule has 0 aliphatic carbocycles. The van der Waals surface area contributed by atoms with Gasteiger partial charge in [-0.3, -0.25) is 0 Å². The molecule has 0 aliphatic rings. The molecule has 0 radical (unpaired) electrons. The van der Waals surface area contributed by atoms with Gasteiger partial charge in [0, 0.05) is 16.9 Å². The van der Waals surface area contributed by atoms with Crippen molar-refractivity contribution >= 4 is 17.1 Å². The predicted molar refractivity (Wildman–Crippen MR) is 137 cm³/mol. The average molecular weight is 408 g/mol. The molecule has 0 heterocycles. The smallest absolute Gasteiger partial charge is 0.0542 e. The summed E-state index contributed by atoms with van der Waals surface area (Å²) in [5, 5.41) is 0. The Bertz CT molecular complexity index is 1020. The van der Waals surface area contributed by atoms with Crippen LogP contribution in [0.3, 0.4) is 0 Å². The van der Waals surface area contributed by atoms with Crippen LogP contribution in [-0.4, -0.2) is 0 Å². The zero-order valence-electron chi connectivity index (χ0n) is 19.3. The van der Waals surface area contributed by atoms with E-state index in [0.29, 0.717) is 5.92 Å². The number of hydrogen-bond donors (Lipinski definition) is 0. The number of aryl methyl sites for hydroxylation is 1. The van der Waals surface area contributed by atoms with Gasteiger partial charge in [0.2, 0.25) is 0 Å². The van der Waals surface area contributed by atoms with Gasteiger partial charge in [-0.1, -0.05) is 106 Å². The normalized spacial score (nSPS) is 10.4. The van der Waals surface area contributed by atoms with E-state index >= 15 is 0 Å². The summed E-state index contributed by atoms with van der Waals surface area (Å²) in [7, 11) is 0. The fraction of sp³-hybridized carbons (Fsp3) is 0.200. The standard InChI is InChI=1S/C28H27N.C2H6/c1-21(2)24-18-19-27(23-16-14-22(3)15-17-23)28(20-24)29(25-10-6-4-7-11-25)26-12-8-5-9-13-26;1-2/h4-21H,1-3H3;1-2H3. The van der Waals surface area contributed by atoms with Crippen LogP contribution in [-0.2, 0) is 0 Å². The largest absolute Gasteiger partial charge is 0.310 e. The van der Waals surface area contributed by atoms with Crippen molar-refractivity contribution in [1.82, 2.24) is 0 Å². The lowest BCUT2D eigenvalue weighted by atomic mass is 9.95. The molecule has 0 saturated carbocycles. The molecule has 0 aromatic heterocycles. The van der Waals surface area contributed by atoms with Crippen molar-refractivity contribution in [2.24, 2.45) is 0 Å². The van der Waals surface area contributed by atoms with Crippen LogP contribution in [0.4, 0.5) is 17.1 Å². The first-order valence-electron chi connectivity index (χ1n) is 11.2. The molecular formula is C30H33N. The highest BCUT2D eigenvalue weighted by molar-refractivity contribution is 5.88. The van der Waals surface area contributed by atoms with Crippen molar-refractivity contribution in [2.75, 3.05) is 4.90 Å². The van der Waals surface area contributed by atoms with Gasteiger partial charge in [0.05, 0.1) is 5.69 Å². The van der Waals surface area contributed by atoms with E-state index in [1.807, 2.05) is 13.8 Å². The summed E-state index contributed by atoms with van der Waals surface area (Å²) in [6.45, 7) is 10.6. The van der Waals surface area contributed by atoms with Gasteiger partial charge in [-0.05, 0) is 54.3 Å². The summed E-state index contributed by atoms with van der Waals surface area (Å²) in [4.78, 5) is 2.36. The lowest BCUT2D eigenvalue weighted by Crippen LogP contribution is -2.11. The van der Waals surface area contributed by atoms with Gasteiger partial charge < -0.3 is 4.90 Å². The zero-order chi connectivity index (χ0) is 22.2. The number of rotatable bonds is 5. The van der Waals surface area contributed by atoms with Crippen LogP contribution >= 0.6 is 0 Å². The van der Waals surface area contributed by atoms with Gasteiger partial charge in [0.25, 0.3) is 0 Å². The van der Waals surface area contributed by atoms with Crippen molar-refractivity contribution in [3.63, 3.8) is 0 Å². The third kappa shape index (κ3) is 5.24. The van der Waals surface area contributed by atoms with Crippen molar-refractivity contribution in [2.45, 2.75) is 40.5 Å². The Kier molecular flexibility index (Phi) is 7.67. The van der Waals surface area contributed by atoms with Crippen LogP contribution in [0, 0.1) is 6.92 Å². The number of benzene rings is 4. The third-order valence-electron chi connectivity index (χ3n) is 5.32. The Labute approximate surface area is 188 Å². The fourth-order valence-electron chi connectivity index (χ4n) is 3.65. The molecular weight excluding hydrogens is 374 g/mol. The van der Waals surface area contributed by atoms with Gasteiger partial charge >= 0.3 is 0 Å². The Morgan fingerprint density at radius 3 is 1.61 bits per heavy atom. The lowest BCUT2D eigenvalue weighted by molar-refractivity contribution is 0.866. The highest BCUT2D eigenvalue weighted by Gasteiger charge is 2.18. The molecule has 0 spiro atoms. The molecule has 1 heteroatoms. The van der Waals surface area contributed by atoms with E-state index < -0.39 is 0 Å². The summed E-state index contributed by atoms with van der Waals surface area (Å²) in [6.07, 6.45) is 0. The van der Waals surface area contributed by atoms with Crippen molar-refractivity contribution < 1.29 is 0 Å². The number of hydrogen-bond acceptors (Lipinski definition) is 1. The molecule has 0 amide bonds. The highest BCUT2D eigenvalue weighted by atomic mass is 15.1.